The summed E-state index contributed by atoms with van der Waals surface area (Å²) in [4.78, 5) is 4.52. The number of nitrogens with two attached hydrogens (primary N) is 1. The fourth-order valence-corrected chi connectivity index (χ4v) is 2.52. The lowest BCUT2D eigenvalue weighted by Gasteiger charge is -2.15. The number of aryl methyl sites for hydroxylation is 1. The Hall–Kier alpha value is -0.990. The zero-order chi connectivity index (χ0) is 12.7. The molecule has 1 aromatic heterocycles. The van der Waals surface area contributed by atoms with Gasteiger partial charge in [0.25, 0.3) is 0 Å². The van der Waals surface area contributed by atoms with Crippen molar-refractivity contribution in [2.45, 2.75) is 26.7 Å². The van der Waals surface area contributed by atoms with E-state index < -0.39 is 0 Å². The molecule has 1 heterocycles. The Labute approximate surface area is 111 Å². The van der Waals surface area contributed by atoms with Gasteiger partial charge in [0.1, 0.15) is 0 Å². The van der Waals surface area contributed by atoms with Crippen molar-refractivity contribution < 1.29 is 0 Å². The Balaban J connectivity index is 2.91. The minimum Gasteiger partial charge on any atom is -0.398 e. The number of pyridine rings is 1. The first-order valence-electron chi connectivity index (χ1n) is 5.47. The number of hydrogen-bond donors (Lipinski definition) is 1. The van der Waals surface area contributed by atoms with Gasteiger partial charge in [0, 0.05) is 16.8 Å². The van der Waals surface area contributed by atoms with Crippen molar-refractivity contribution in [3.05, 3.63) is 33.4 Å². The van der Waals surface area contributed by atoms with Crippen LogP contribution in [0.1, 0.15) is 31.0 Å². The molecule has 2 N–H and O–H groups in total. The van der Waals surface area contributed by atoms with Gasteiger partial charge in [0.15, 0.2) is 0 Å². The van der Waals surface area contributed by atoms with Gasteiger partial charge in [-0.1, -0.05) is 37.0 Å². The molecule has 0 bridgehead atoms. The molecule has 0 amide bonds. The predicted octanol–water partition coefficient (Wildman–Crippen LogP) is 4.56. The maximum Gasteiger partial charge on any atom is 0.0927 e. The lowest BCUT2D eigenvalue weighted by Crippen LogP contribution is -2.03. The van der Waals surface area contributed by atoms with Crippen LogP contribution in [-0.4, -0.2) is 4.98 Å². The molecule has 0 aliphatic rings. The molecular formula is C13H14Cl2N2. The quantitative estimate of drug-likeness (QED) is 0.824. The molecule has 1 aromatic carbocycles. The first kappa shape index (κ1) is 12.5. The second kappa shape index (κ2) is 4.35. The molecule has 0 unspecified atom stereocenters. The zero-order valence-electron chi connectivity index (χ0n) is 10.0. The molecule has 2 aromatic rings. The van der Waals surface area contributed by atoms with Gasteiger partial charge in [-0.25, -0.2) is 0 Å². The first-order chi connectivity index (χ1) is 7.93. The van der Waals surface area contributed by atoms with Crippen molar-refractivity contribution in [3.8, 4) is 0 Å². The minimum absolute atomic E-state index is 0.335. The summed E-state index contributed by atoms with van der Waals surface area (Å²) < 4.78 is 0. The highest BCUT2D eigenvalue weighted by Crippen LogP contribution is 2.36. The Kier molecular flexibility index (Phi) is 3.19. The van der Waals surface area contributed by atoms with E-state index in [0.29, 0.717) is 21.5 Å². The number of anilines is 1. The average Bonchev–Trinajstić information content (AvgIpc) is 2.23. The van der Waals surface area contributed by atoms with E-state index in [1.54, 1.807) is 6.07 Å². The maximum atomic E-state index is 6.20. The van der Waals surface area contributed by atoms with Gasteiger partial charge in [-0.15, -0.1) is 0 Å². The van der Waals surface area contributed by atoms with E-state index >= 15 is 0 Å². The first-order valence-corrected chi connectivity index (χ1v) is 6.22. The molecule has 2 rings (SSSR count). The second-order valence-corrected chi connectivity index (χ2v) is 5.22. The van der Waals surface area contributed by atoms with Gasteiger partial charge < -0.3 is 5.73 Å². The molecule has 90 valence electrons. The standard InChI is InChI=1S/C13H14Cl2N2/c1-6(2)10-7(3)17-13-8(12(10)16)4-5-9(14)11(13)15/h4-6H,1-3H3,(H2,16,17). The summed E-state index contributed by atoms with van der Waals surface area (Å²) in [5.41, 5.74) is 9.62. The summed E-state index contributed by atoms with van der Waals surface area (Å²) in [6, 6.07) is 3.63. The van der Waals surface area contributed by atoms with Gasteiger partial charge in [0.05, 0.1) is 15.6 Å². The number of rotatable bonds is 1. The van der Waals surface area contributed by atoms with Crippen LogP contribution in [0.15, 0.2) is 12.1 Å². The van der Waals surface area contributed by atoms with E-state index in [0.717, 1.165) is 22.3 Å². The summed E-state index contributed by atoms with van der Waals surface area (Å²) in [7, 11) is 0. The van der Waals surface area contributed by atoms with E-state index in [9.17, 15) is 0 Å². The summed E-state index contributed by atoms with van der Waals surface area (Å²) in [6.07, 6.45) is 0. The number of halogens is 2. The highest BCUT2D eigenvalue weighted by atomic mass is 35.5. The highest BCUT2D eigenvalue weighted by molar-refractivity contribution is 6.45. The summed E-state index contributed by atoms with van der Waals surface area (Å²) in [5.74, 6) is 0.335. The topological polar surface area (TPSA) is 38.9 Å². The smallest absolute Gasteiger partial charge is 0.0927 e. The van der Waals surface area contributed by atoms with Crippen molar-refractivity contribution in [2.75, 3.05) is 5.73 Å². The van der Waals surface area contributed by atoms with E-state index in [-0.39, 0.29) is 0 Å². The number of fused-ring (bicyclic) bond motifs is 1. The van der Waals surface area contributed by atoms with E-state index in [1.165, 1.54) is 0 Å². The molecule has 0 aliphatic heterocycles. The molecule has 0 radical (unpaired) electrons. The third-order valence-electron chi connectivity index (χ3n) is 2.90. The van der Waals surface area contributed by atoms with Crippen molar-refractivity contribution in [1.29, 1.82) is 0 Å². The molecular weight excluding hydrogens is 255 g/mol. The highest BCUT2D eigenvalue weighted by Gasteiger charge is 2.15. The second-order valence-electron chi connectivity index (χ2n) is 4.44. The summed E-state index contributed by atoms with van der Waals surface area (Å²) in [5, 5.41) is 1.84. The van der Waals surface area contributed by atoms with Crippen molar-refractivity contribution in [1.82, 2.24) is 4.98 Å². The third kappa shape index (κ3) is 1.96. The Morgan fingerprint density at radius 1 is 1.24 bits per heavy atom. The monoisotopic (exact) mass is 268 g/mol. The van der Waals surface area contributed by atoms with Crippen LogP contribution in [0.2, 0.25) is 10.0 Å². The lowest BCUT2D eigenvalue weighted by molar-refractivity contribution is 0.851. The molecule has 0 fully saturated rings. The van der Waals surface area contributed by atoms with Crippen LogP contribution in [0.3, 0.4) is 0 Å². The number of benzene rings is 1. The van der Waals surface area contributed by atoms with E-state index in [2.05, 4.69) is 18.8 Å². The van der Waals surface area contributed by atoms with Gasteiger partial charge in [-0.2, -0.15) is 0 Å². The summed E-state index contributed by atoms with van der Waals surface area (Å²) in [6.45, 7) is 6.15. The maximum absolute atomic E-state index is 6.20. The number of aromatic nitrogens is 1. The molecule has 0 spiro atoms. The largest absolute Gasteiger partial charge is 0.398 e. The molecule has 2 nitrogen and oxygen atoms in total. The number of nitrogens with zero attached hydrogens (tertiary/aromatic N) is 1. The molecule has 0 atom stereocenters. The van der Waals surface area contributed by atoms with Crippen molar-refractivity contribution in [2.24, 2.45) is 0 Å². The molecule has 0 aliphatic carbocycles. The average molecular weight is 269 g/mol. The minimum atomic E-state index is 0.335. The van der Waals surface area contributed by atoms with Crippen molar-refractivity contribution >= 4 is 39.8 Å². The Morgan fingerprint density at radius 3 is 2.47 bits per heavy atom. The third-order valence-corrected chi connectivity index (χ3v) is 3.69. The van der Waals surface area contributed by atoms with E-state index in [1.807, 2.05) is 13.0 Å². The molecule has 17 heavy (non-hydrogen) atoms. The van der Waals surface area contributed by atoms with E-state index in [4.69, 9.17) is 28.9 Å². The number of nitrogen functional groups attached to an aromatic ring is 1. The predicted molar refractivity (Wildman–Crippen MR) is 75.0 cm³/mol. The summed E-state index contributed by atoms with van der Waals surface area (Å²) >= 11 is 12.1. The van der Waals surface area contributed by atoms with Crippen LogP contribution in [0, 0.1) is 6.92 Å². The fraction of sp³-hybridized carbons (Fsp3) is 0.308. The van der Waals surface area contributed by atoms with Gasteiger partial charge in [0.2, 0.25) is 0 Å². The van der Waals surface area contributed by atoms with Gasteiger partial charge >= 0.3 is 0 Å². The van der Waals surface area contributed by atoms with Crippen LogP contribution in [-0.2, 0) is 0 Å². The van der Waals surface area contributed by atoms with Crippen LogP contribution in [0.5, 0.6) is 0 Å². The lowest BCUT2D eigenvalue weighted by atomic mass is 9.97. The Bertz CT molecular complexity index is 592. The molecule has 0 saturated heterocycles. The van der Waals surface area contributed by atoms with Gasteiger partial charge in [-0.05, 0) is 30.5 Å². The van der Waals surface area contributed by atoms with Gasteiger partial charge in [-0.3, -0.25) is 4.98 Å². The number of hydrogen-bond acceptors (Lipinski definition) is 2. The fourth-order valence-electron chi connectivity index (χ4n) is 2.16. The zero-order valence-corrected chi connectivity index (χ0v) is 11.5. The SMILES string of the molecule is Cc1nc2c(Cl)c(Cl)ccc2c(N)c1C(C)C. The normalized spacial score (nSPS) is 11.4. The van der Waals surface area contributed by atoms with Crippen LogP contribution in [0.25, 0.3) is 10.9 Å². The molecule has 4 heteroatoms. The Morgan fingerprint density at radius 2 is 1.88 bits per heavy atom. The van der Waals surface area contributed by atoms with Crippen LogP contribution in [0.4, 0.5) is 5.69 Å². The van der Waals surface area contributed by atoms with Crippen molar-refractivity contribution in [3.63, 3.8) is 0 Å². The van der Waals surface area contributed by atoms with Crippen LogP contribution < -0.4 is 5.73 Å². The van der Waals surface area contributed by atoms with Crippen LogP contribution >= 0.6 is 23.2 Å². The molecule has 0 saturated carbocycles.